The number of piperidine rings is 1. The maximum absolute atomic E-state index is 12.3. The first-order valence-electron chi connectivity index (χ1n) is 5.96. The number of carbonyl (C=O) groups is 1. The molecular formula is C12H18N2O3. The number of hydrogen-bond acceptors (Lipinski definition) is 4. The number of aromatic nitrogens is 1. The molecule has 1 amide bonds. The van der Waals surface area contributed by atoms with Crippen LogP contribution in [0.1, 0.15) is 34.7 Å². The van der Waals surface area contributed by atoms with Crippen molar-refractivity contribution in [2.75, 3.05) is 19.7 Å². The van der Waals surface area contributed by atoms with Crippen molar-refractivity contribution < 1.29 is 14.4 Å². The van der Waals surface area contributed by atoms with E-state index in [-0.39, 0.29) is 18.4 Å². The molecule has 0 aromatic carbocycles. The average Bonchev–Trinajstić information content (AvgIpc) is 2.68. The number of aryl methyl sites for hydroxylation is 2. The van der Waals surface area contributed by atoms with Crippen LogP contribution < -0.4 is 0 Å². The first-order valence-corrected chi connectivity index (χ1v) is 5.96. The topological polar surface area (TPSA) is 66.6 Å². The summed E-state index contributed by atoms with van der Waals surface area (Å²) in [5.41, 5.74) is 1.21. The highest BCUT2D eigenvalue weighted by molar-refractivity contribution is 5.96. The molecule has 1 aliphatic rings. The van der Waals surface area contributed by atoms with E-state index in [4.69, 9.17) is 9.63 Å². The molecule has 2 rings (SSSR count). The fourth-order valence-electron chi connectivity index (χ4n) is 2.34. The summed E-state index contributed by atoms with van der Waals surface area (Å²) in [5.74, 6) is 0.742. The van der Waals surface area contributed by atoms with Gasteiger partial charge in [0.15, 0.2) is 0 Å². The number of nitrogens with zero attached hydrogens (tertiary/aromatic N) is 2. The van der Waals surface area contributed by atoms with E-state index < -0.39 is 0 Å². The molecule has 2 heterocycles. The summed E-state index contributed by atoms with van der Waals surface area (Å²) in [7, 11) is 0. The van der Waals surface area contributed by atoms with Gasteiger partial charge in [-0.3, -0.25) is 4.79 Å². The van der Waals surface area contributed by atoms with Crippen LogP contribution >= 0.6 is 0 Å². The highest BCUT2D eigenvalue weighted by atomic mass is 16.5. The lowest BCUT2D eigenvalue weighted by molar-refractivity contribution is 0.0618. The van der Waals surface area contributed by atoms with Gasteiger partial charge in [0.05, 0.1) is 5.69 Å². The van der Waals surface area contributed by atoms with Gasteiger partial charge in [0.25, 0.3) is 5.91 Å². The van der Waals surface area contributed by atoms with Gasteiger partial charge >= 0.3 is 0 Å². The molecule has 5 heteroatoms. The van der Waals surface area contributed by atoms with E-state index in [1.165, 1.54) is 0 Å². The molecule has 0 unspecified atom stereocenters. The first-order chi connectivity index (χ1) is 8.13. The van der Waals surface area contributed by atoms with E-state index in [0.717, 1.165) is 19.4 Å². The summed E-state index contributed by atoms with van der Waals surface area (Å²) in [6.07, 6.45) is 1.93. The highest BCUT2D eigenvalue weighted by Crippen LogP contribution is 2.21. The zero-order valence-electron chi connectivity index (χ0n) is 10.3. The molecular weight excluding hydrogens is 220 g/mol. The molecule has 1 N–H and O–H groups in total. The highest BCUT2D eigenvalue weighted by Gasteiger charge is 2.27. The standard InChI is InChI=1S/C12H18N2O3/c1-8-11(9(2)17-13-8)12(16)14-5-3-4-10(6-14)7-15/h10,15H,3-7H2,1-2H3/t10-/m1/s1. The van der Waals surface area contributed by atoms with Crippen LogP contribution in [-0.4, -0.2) is 40.8 Å². The van der Waals surface area contributed by atoms with Crippen LogP contribution in [0.15, 0.2) is 4.52 Å². The molecule has 1 aliphatic heterocycles. The van der Waals surface area contributed by atoms with Crippen LogP contribution in [-0.2, 0) is 0 Å². The van der Waals surface area contributed by atoms with Gasteiger partial charge in [-0.05, 0) is 32.6 Å². The Hall–Kier alpha value is -1.36. The Balaban J connectivity index is 2.15. The minimum absolute atomic E-state index is 0.0283. The Kier molecular flexibility index (Phi) is 3.47. The maximum Gasteiger partial charge on any atom is 0.259 e. The summed E-state index contributed by atoms with van der Waals surface area (Å²) in [6.45, 7) is 5.04. The second-order valence-corrected chi connectivity index (χ2v) is 4.64. The van der Waals surface area contributed by atoms with Crippen LogP contribution in [0.25, 0.3) is 0 Å². The fraction of sp³-hybridized carbons (Fsp3) is 0.667. The number of likely N-dealkylation sites (tertiary alicyclic amines) is 1. The number of hydrogen-bond donors (Lipinski definition) is 1. The minimum Gasteiger partial charge on any atom is -0.396 e. The maximum atomic E-state index is 12.3. The lowest BCUT2D eigenvalue weighted by atomic mass is 9.98. The molecule has 1 aromatic heterocycles. The van der Waals surface area contributed by atoms with Crippen LogP contribution in [0.2, 0.25) is 0 Å². The van der Waals surface area contributed by atoms with E-state index in [1.54, 1.807) is 18.7 Å². The van der Waals surface area contributed by atoms with E-state index >= 15 is 0 Å². The fourth-order valence-corrected chi connectivity index (χ4v) is 2.34. The third kappa shape index (κ3) is 2.34. The lowest BCUT2D eigenvalue weighted by Gasteiger charge is -2.31. The smallest absolute Gasteiger partial charge is 0.259 e. The van der Waals surface area contributed by atoms with Gasteiger partial charge < -0.3 is 14.5 Å². The van der Waals surface area contributed by atoms with E-state index in [2.05, 4.69) is 5.16 Å². The second-order valence-electron chi connectivity index (χ2n) is 4.64. The van der Waals surface area contributed by atoms with Crippen molar-refractivity contribution >= 4 is 5.91 Å². The van der Waals surface area contributed by atoms with Gasteiger partial charge in [-0.2, -0.15) is 0 Å². The summed E-state index contributed by atoms with van der Waals surface area (Å²) in [5, 5.41) is 13.0. The van der Waals surface area contributed by atoms with Crippen molar-refractivity contribution in [3.63, 3.8) is 0 Å². The third-order valence-electron chi connectivity index (χ3n) is 3.31. The average molecular weight is 238 g/mol. The van der Waals surface area contributed by atoms with Gasteiger partial charge in [-0.25, -0.2) is 0 Å². The molecule has 94 valence electrons. The molecule has 5 nitrogen and oxygen atoms in total. The Morgan fingerprint density at radius 2 is 2.35 bits per heavy atom. The van der Waals surface area contributed by atoms with Crippen molar-refractivity contribution in [2.24, 2.45) is 5.92 Å². The quantitative estimate of drug-likeness (QED) is 0.839. The number of aliphatic hydroxyl groups excluding tert-OH is 1. The number of rotatable bonds is 2. The van der Waals surface area contributed by atoms with Crippen molar-refractivity contribution in [2.45, 2.75) is 26.7 Å². The largest absolute Gasteiger partial charge is 0.396 e. The molecule has 17 heavy (non-hydrogen) atoms. The predicted octanol–water partition coefficient (Wildman–Crippen LogP) is 1.14. The second kappa shape index (κ2) is 4.87. The number of carbonyl (C=O) groups excluding carboxylic acids is 1. The van der Waals surface area contributed by atoms with Gasteiger partial charge in [-0.1, -0.05) is 5.16 Å². The van der Waals surface area contributed by atoms with Crippen LogP contribution in [0, 0.1) is 19.8 Å². The zero-order valence-corrected chi connectivity index (χ0v) is 10.3. The van der Waals surface area contributed by atoms with Crippen LogP contribution in [0.5, 0.6) is 0 Å². The Morgan fingerprint density at radius 1 is 1.59 bits per heavy atom. The Labute approximate surface area is 100 Å². The van der Waals surface area contributed by atoms with Crippen LogP contribution in [0.4, 0.5) is 0 Å². The number of amides is 1. The summed E-state index contributed by atoms with van der Waals surface area (Å²) in [4.78, 5) is 14.1. The van der Waals surface area contributed by atoms with E-state index in [0.29, 0.717) is 23.6 Å². The monoisotopic (exact) mass is 238 g/mol. The van der Waals surface area contributed by atoms with Gasteiger partial charge in [0.2, 0.25) is 0 Å². The summed E-state index contributed by atoms with van der Waals surface area (Å²) < 4.78 is 5.01. The van der Waals surface area contributed by atoms with Gasteiger partial charge in [-0.15, -0.1) is 0 Å². The molecule has 0 radical (unpaired) electrons. The molecule has 1 atom stereocenters. The Morgan fingerprint density at radius 3 is 2.94 bits per heavy atom. The predicted molar refractivity (Wildman–Crippen MR) is 61.7 cm³/mol. The SMILES string of the molecule is Cc1noc(C)c1C(=O)N1CCC[C@@H](CO)C1. The van der Waals surface area contributed by atoms with Gasteiger partial charge in [0, 0.05) is 19.7 Å². The van der Waals surface area contributed by atoms with Crippen LogP contribution in [0.3, 0.4) is 0 Å². The van der Waals surface area contributed by atoms with Gasteiger partial charge in [0.1, 0.15) is 11.3 Å². The van der Waals surface area contributed by atoms with Crippen molar-refractivity contribution in [3.05, 3.63) is 17.0 Å². The molecule has 0 aliphatic carbocycles. The first kappa shape index (κ1) is 12.1. The molecule has 0 saturated carbocycles. The third-order valence-corrected chi connectivity index (χ3v) is 3.31. The Bertz CT molecular complexity index is 394. The van der Waals surface area contributed by atoms with Crippen molar-refractivity contribution in [1.29, 1.82) is 0 Å². The molecule has 1 aromatic rings. The number of aliphatic hydroxyl groups is 1. The lowest BCUT2D eigenvalue weighted by Crippen LogP contribution is -2.41. The zero-order chi connectivity index (χ0) is 12.4. The normalized spacial score (nSPS) is 20.6. The molecule has 0 bridgehead atoms. The molecule has 1 fully saturated rings. The summed E-state index contributed by atoms with van der Waals surface area (Å²) >= 11 is 0. The van der Waals surface area contributed by atoms with Crippen molar-refractivity contribution in [1.82, 2.24) is 10.1 Å². The van der Waals surface area contributed by atoms with Crippen molar-refractivity contribution in [3.8, 4) is 0 Å². The summed E-state index contributed by atoms with van der Waals surface area (Å²) in [6, 6.07) is 0. The minimum atomic E-state index is -0.0283. The molecule has 0 spiro atoms. The molecule has 1 saturated heterocycles. The van der Waals surface area contributed by atoms with E-state index in [1.807, 2.05) is 0 Å². The van der Waals surface area contributed by atoms with E-state index in [9.17, 15) is 4.79 Å².